The summed E-state index contributed by atoms with van der Waals surface area (Å²) in [6.07, 6.45) is 0.625. The van der Waals surface area contributed by atoms with Crippen molar-refractivity contribution in [3.8, 4) is 6.07 Å². The van der Waals surface area contributed by atoms with Gasteiger partial charge in [0.1, 0.15) is 0 Å². The first-order chi connectivity index (χ1) is 3.91. The maximum Gasteiger partial charge on any atom is 0.394 e. The van der Waals surface area contributed by atoms with Crippen LogP contribution in [-0.4, -0.2) is 17.5 Å². The molecule has 0 aromatic rings. The summed E-state index contributed by atoms with van der Waals surface area (Å²) in [5.41, 5.74) is 0. The average Bonchev–Trinajstić information content (AvgIpc) is 1.61. The Hall–Kier alpha value is -0.640. The van der Waals surface area contributed by atoms with Gasteiger partial charge in [0.2, 0.25) is 0 Å². The lowest BCUT2D eigenvalue weighted by Crippen LogP contribution is -1.89. The molecule has 5 nitrogen and oxygen atoms in total. The molecule has 0 saturated carbocycles. The van der Waals surface area contributed by atoms with Crippen molar-refractivity contribution in [2.45, 2.75) is 13.3 Å². The maximum absolute atomic E-state index is 8.74. The molecule has 0 saturated heterocycles. The number of hydrogen-bond donors (Lipinski definition) is 2. The largest absolute Gasteiger partial charge is 0.394 e. The van der Waals surface area contributed by atoms with Crippen LogP contribution in [0, 0.1) is 11.3 Å². The fraction of sp³-hybridized carbons (Fsp3) is 0.667. The quantitative estimate of drug-likeness (QED) is 0.486. The highest BCUT2D eigenvalue weighted by Gasteiger charge is 1.84. The molecule has 0 spiro atoms. The van der Waals surface area contributed by atoms with Crippen LogP contribution >= 0.6 is 0 Å². The van der Waals surface area contributed by atoms with Crippen molar-refractivity contribution in [2.24, 2.45) is 0 Å². The molecule has 0 bridgehead atoms. The Morgan fingerprint density at radius 2 is 1.67 bits per heavy atom. The molecular weight excluding hydrogens is 146 g/mol. The number of nitrogens with zero attached hydrogens (tertiary/aromatic N) is 1. The van der Waals surface area contributed by atoms with Crippen molar-refractivity contribution in [3.05, 3.63) is 0 Å². The topological polar surface area (TPSA) is 98.4 Å². The van der Waals surface area contributed by atoms with Gasteiger partial charge >= 0.3 is 10.4 Å². The first kappa shape index (κ1) is 11.2. The van der Waals surface area contributed by atoms with Gasteiger partial charge in [0, 0.05) is 6.42 Å². The number of nitriles is 1. The number of hydrogen-bond acceptors (Lipinski definition) is 3. The molecule has 0 aliphatic heterocycles. The van der Waals surface area contributed by atoms with Gasteiger partial charge in [-0.25, -0.2) is 0 Å². The SMILES string of the molecule is CCC#N.O=S(=O)(O)O. The molecule has 9 heavy (non-hydrogen) atoms. The fourth-order valence-electron chi connectivity index (χ4n) is 0. The lowest BCUT2D eigenvalue weighted by Gasteiger charge is -1.68. The van der Waals surface area contributed by atoms with E-state index in [0.717, 1.165) is 0 Å². The summed E-state index contributed by atoms with van der Waals surface area (Å²) >= 11 is 0. The summed E-state index contributed by atoms with van der Waals surface area (Å²) in [4.78, 5) is 0. The van der Waals surface area contributed by atoms with Crippen LogP contribution in [0.15, 0.2) is 0 Å². The van der Waals surface area contributed by atoms with E-state index in [9.17, 15) is 0 Å². The highest BCUT2D eigenvalue weighted by molar-refractivity contribution is 7.79. The van der Waals surface area contributed by atoms with Crippen LogP contribution in [0.2, 0.25) is 0 Å². The minimum atomic E-state index is -4.67. The van der Waals surface area contributed by atoms with E-state index in [1.165, 1.54) is 0 Å². The fourth-order valence-corrected chi connectivity index (χ4v) is 0. The van der Waals surface area contributed by atoms with Crippen LogP contribution in [0.4, 0.5) is 0 Å². The first-order valence-electron chi connectivity index (χ1n) is 1.98. The van der Waals surface area contributed by atoms with Gasteiger partial charge in [-0.1, -0.05) is 6.92 Å². The molecule has 0 aromatic carbocycles. The van der Waals surface area contributed by atoms with Crippen molar-refractivity contribution in [3.63, 3.8) is 0 Å². The normalized spacial score (nSPS) is 8.67. The number of rotatable bonds is 0. The molecule has 0 fully saturated rings. The van der Waals surface area contributed by atoms with Gasteiger partial charge in [0.15, 0.2) is 0 Å². The van der Waals surface area contributed by atoms with Crippen LogP contribution in [0.25, 0.3) is 0 Å². The monoisotopic (exact) mass is 153 g/mol. The first-order valence-corrected chi connectivity index (χ1v) is 3.38. The van der Waals surface area contributed by atoms with Crippen LogP contribution in [-0.2, 0) is 10.4 Å². The second kappa shape index (κ2) is 5.50. The van der Waals surface area contributed by atoms with E-state index < -0.39 is 10.4 Å². The molecule has 0 atom stereocenters. The third kappa shape index (κ3) is 1630. The zero-order chi connectivity index (χ0) is 7.91. The van der Waals surface area contributed by atoms with E-state index in [-0.39, 0.29) is 0 Å². The van der Waals surface area contributed by atoms with E-state index in [4.69, 9.17) is 22.8 Å². The summed E-state index contributed by atoms with van der Waals surface area (Å²) in [7, 11) is -4.67. The summed E-state index contributed by atoms with van der Waals surface area (Å²) < 4.78 is 31.6. The molecule has 0 heterocycles. The highest BCUT2D eigenvalue weighted by Crippen LogP contribution is 1.59. The Kier molecular flexibility index (Phi) is 6.84. The summed E-state index contributed by atoms with van der Waals surface area (Å²) in [5.74, 6) is 0. The predicted molar refractivity (Wildman–Crippen MR) is 30.1 cm³/mol. The smallest absolute Gasteiger partial charge is 0.264 e. The van der Waals surface area contributed by atoms with Gasteiger partial charge in [-0.3, -0.25) is 9.11 Å². The molecule has 0 unspecified atom stereocenters. The predicted octanol–water partition coefficient (Wildman–Crippen LogP) is 0.267. The third-order valence-electron chi connectivity index (χ3n) is 0.158. The van der Waals surface area contributed by atoms with Gasteiger partial charge in [-0.2, -0.15) is 13.7 Å². The molecular formula is C3H7NO4S. The van der Waals surface area contributed by atoms with E-state index in [2.05, 4.69) is 0 Å². The summed E-state index contributed by atoms with van der Waals surface area (Å²) in [6.45, 7) is 1.82. The van der Waals surface area contributed by atoms with E-state index in [0.29, 0.717) is 6.42 Å². The molecule has 0 rings (SSSR count). The van der Waals surface area contributed by atoms with Crippen molar-refractivity contribution in [2.75, 3.05) is 0 Å². The van der Waals surface area contributed by atoms with Crippen LogP contribution in [0.5, 0.6) is 0 Å². The van der Waals surface area contributed by atoms with Crippen LogP contribution in [0.3, 0.4) is 0 Å². The molecule has 0 aliphatic carbocycles. The lowest BCUT2D eigenvalue weighted by atomic mass is 10.6. The molecule has 0 radical (unpaired) electrons. The summed E-state index contributed by atoms with van der Waals surface area (Å²) in [5, 5.41) is 7.62. The standard InChI is InChI=1S/C3H5N.H2O4S/c1-2-3-4;1-5(2,3)4/h2H2,1H3;(H2,1,2,3,4). The van der Waals surface area contributed by atoms with Gasteiger partial charge in [0.25, 0.3) is 0 Å². The van der Waals surface area contributed by atoms with Crippen LogP contribution < -0.4 is 0 Å². The van der Waals surface area contributed by atoms with Crippen molar-refractivity contribution in [1.29, 1.82) is 5.26 Å². The second-order valence-corrected chi connectivity index (χ2v) is 1.86. The molecule has 0 amide bonds. The molecule has 0 aliphatic rings. The zero-order valence-electron chi connectivity index (χ0n) is 4.77. The third-order valence-corrected chi connectivity index (χ3v) is 0.158. The van der Waals surface area contributed by atoms with E-state index in [1.807, 2.05) is 13.0 Å². The minimum Gasteiger partial charge on any atom is -0.264 e. The molecule has 6 heteroatoms. The molecule has 0 aromatic heterocycles. The van der Waals surface area contributed by atoms with Crippen molar-refractivity contribution >= 4 is 10.4 Å². The van der Waals surface area contributed by atoms with Gasteiger partial charge in [-0.15, -0.1) is 0 Å². The van der Waals surface area contributed by atoms with Crippen LogP contribution in [0.1, 0.15) is 13.3 Å². The Labute approximate surface area is 53.5 Å². The van der Waals surface area contributed by atoms with Gasteiger partial charge in [-0.05, 0) is 0 Å². The van der Waals surface area contributed by atoms with Crippen molar-refractivity contribution in [1.82, 2.24) is 0 Å². The molecule has 2 N–H and O–H groups in total. The van der Waals surface area contributed by atoms with E-state index in [1.54, 1.807) is 0 Å². The zero-order valence-corrected chi connectivity index (χ0v) is 5.59. The molecule has 54 valence electrons. The van der Waals surface area contributed by atoms with E-state index >= 15 is 0 Å². The average molecular weight is 153 g/mol. The van der Waals surface area contributed by atoms with Crippen molar-refractivity contribution < 1.29 is 17.5 Å². The summed E-state index contributed by atoms with van der Waals surface area (Å²) in [6, 6.07) is 1.93. The van der Waals surface area contributed by atoms with Gasteiger partial charge < -0.3 is 0 Å². The Bertz CT molecular complexity index is 168. The minimum absolute atomic E-state index is 0.625. The highest BCUT2D eigenvalue weighted by atomic mass is 32.3. The lowest BCUT2D eigenvalue weighted by molar-refractivity contribution is 0.381. The Balaban J connectivity index is 0. The van der Waals surface area contributed by atoms with Gasteiger partial charge in [0.05, 0.1) is 6.07 Å². The Morgan fingerprint density at radius 3 is 1.67 bits per heavy atom. The maximum atomic E-state index is 8.74. The Morgan fingerprint density at radius 1 is 1.56 bits per heavy atom. The second-order valence-electron chi connectivity index (χ2n) is 0.960.